The van der Waals surface area contributed by atoms with Crippen LogP contribution in [0.5, 0.6) is 0 Å². The second-order valence-corrected chi connectivity index (χ2v) is 3.55. The third kappa shape index (κ3) is 1.59. The van der Waals surface area contributed by atoms with Crippen molar-refractivity contribution in [1.82, 2.24) is 20.2 Å². The van der Waals surface area contributed by atoms with Crippen LogP contribution in [-0.2, 0) is 0 Å². The summed E-state index contributed by atoms with van der Waals surface area (Å²) in [6.07, 6.45) is 1.47. The van der Waals surface area contributed by atoms with Gasteiger partial charge >= 0.3 is 0 Å². The van der Waals surface area contributed by atoms with E-state index in [0.717, 1.165) is 0 Å². The van der Waals surface area contributed by atoms with Crippen molar-refractivity contribution in [3.05, 3.63) is 46.6 Å². The molecule has 0 fully saturated rings. The molecule has 2 aromatic heterocycles. The van der Waals surface area contributed by atoms with Gasteiger partial charge in [0.2, 0.25) is 0 Å². The number of nitrogens with zero attached hydrogens (tertiary/aromatic N) is 2. The van der Waals surface area contributed by atoms with Crippen molar-refractivity contribution in [2.75, 3.05) is 0 Å². The first-order valence-corrected chi connectivity index (χ1v) is 4.93. The molecule has 0 amide bonds. The highest BCUT2D eigenvalue weighted by Crippen LogP contribution is 2.15. The first kappa shape index (κ1) is 9.71. The third-order valence-corrected chi connectivity index (χ3v) is 2.43. The fraction of sp³-hybridized carbons (Fsp3) is 0. The average Bonchev–Trinajstić information content (AvgIpc) is 2.78. The molecule has 2 heterocycles. The van der Waals surface area contributed by atoms with E-state index >= 15 is 0 Å². The molecule has 17 heavy (non-hydrogen) atoms. The zero-order chi connectivity index (χ0) is 11.8. The number of aromatic nitrogens is 4. The number of H-pyrrole nitrogens is 2. The van der Waals surface area contributed by atoms with Crippen LogP contribution in [0, 0.1) is 5.82 Å². The van der Waals surface area contributed by atoms with Crippen molar-refractivity contribution < 1.29 is 4.39 Å². The van der Waals surface area contributed by atoms with E-state index in [0.29, 0.717) is 22.4 Å². The van der Waals surface area contributed by atoms with E-state index in [1.54, 1.807) is 12.1 Å². The summed E-state index contributed by atoms with van der Waals surface area (Å²) in [5.74, 6) is 0.0596. The lowest BCUT2D eigenvalue weighted by molar-refractivity contribution is 0.628. The summed E-state index contributed by atoms with van der Waals surface area (Å²) in [7, 11) is 0. The Kier molecular flexibility index (Phi) is 2.01. The zero-order valence-electron chi connectivity index (χ0n) is 8.57. The van der Waals surface area contributed by atoms with Crippen LogP contribution in [0.3, 0.4) is 0 Å². The summed E-state index contributed by atoms with van der Waals surface area (Å²) in [4.78, 5) is 18.5. The topological polar surface area (TPSA) is 74.4 Å². The molecule has 6 heteroatoms. The van der Waals surface area contributed by atoms with Gasteiger partial charge in [0.15, 0.2) is 0 Å². The first-order chi connectivity index (χ1) is 8.24. The quantitative estimate of drug-likeness (QED) is 0.664. The van der Waals surface area contributed by atoms with Crippen molar-refractivity contribution in [1.29, 1.82) is 0 Å². The minimum atomic E-state index is -0.333. The molecule has 1 aromatic carbocycles. The number of halogens is 1. The Balaban J connectivity index is 2.23. The standard InChI is InChI=1S/C11H7FN4O/c12-7-3-1-6(2-4-7)10-14-8-5-13-16-9(8)11(17)15-10/h1-5H,(H,13,16)(H,14,15,17). The summed E-state index contributed by atoms with van der Waals surface area (Å²) >= 11 is 0. The van der Waals surface area contributed by atoms with Gasteiger partial charge < -0.3 is 4.98 Å². The van der Waals surface area contributed by atoms with Crippen LogP contribution in [0.2, 0.25) is 0 Å². The van der Waals surface area contributed by atoms with Crippen LogP contribution < -0.4 is 5.56 Å². The van der Waals surface area contributed by atoms with E-state index in [1.165, 1.54) is 18.3 Å². The van der Waals surface area contributed by atoms with Gasteiger partial charge in [-0.2, -0.15) is 5.10 Å². The third-order valence-electron chi connectivity index (χ3n) is 2.43. The van der Waals surface area contributed by atoms with Crippen LogP contribution in [0.25, 0.3) is 22.4 Å². The van der Waals surface area contributed by atoms with Gasteiger partial charge in [-0.15, -0.1) is 0 Å². The summed E-state index contributed by atoms with van der Waals surface area (Å²) in [5.41, 5.74) is 1.15. The molecule has 84 valence electrons. The molecule has 0 spiro atoms. The summed E-state index contributed by atoms with van der Waals surface area (Å²) < 4.78 is 12.8. The Morgan fingerprint density at radius 3 is 2.71 bits per heavy atom. The second kappa shape index (κ2) is 3.51. The summed E-state index contributed by atoms with van der Waals surface area (Å²) in [6, 6.07) is 5.74. The Morgan fingerprint density at radius 1 is 1.18 bits per heavy atom. The predicted molar refractivity (Wildman–Crippen MR) is 59.9 cm³/mol. The van der Waals surface area contributed by atoms with Gasteiger partial charge in [0.25, 0.3) is 5.56 Å². The Hall–Kier alpha value is -2.50. The second-order valence-electron chi connectivity index (χ2n) is 3.55. The molecular formula is C11H7FN4O. The fourth-order valence-corrected chi connectivity index (χ4v) is 1.59. The lowest BCUT2D eigenvalue weighted by Crippen LogP contribution is -2.09. The van der Waals surface area contributed by atoms with E-state index < -0.39 is 0 Å². The normalized spacial score (nSPS) is 10.9. The maximum atomic E-state index is 12.8. The van der Waals surface area contributed by atoms with Crippen molar-refractivity contribution in [2.24, 2.45) is 0 Å². The van der Waals surface area contributed by atoms with Crippen molar-refractivity contribution in [3.8, 4) is 11.4 Å². The van der Waals surface area contributed by atoms with E-state index in [-0.39, 0.29) is 11.4 Å². The molecular weight excluding hydrogens is 223 g/mol. The van der Waals surface area contributed by atoms with E-state index in [1.807, 2.05) is 0 Å². The highest BCUT2D eigenvalue weighted by atomic mass is 19.1. The van der Waals surface area contributed by atoms with Gasteiger partial charge in [-0.25, -0.2) is 9.37 Å². The number of nitrogens with one attached hydrogen (secondary N) is 2. The van der Waals surface area contributed by atoms with Crippen LogP contribution >= 0.6 is 0 Å². The van der Waals surface area contributed by atoms with Crippen molar-refractivity contribution in [2.45, 2.75) is 0 Å². The summed E-state index contributed by atoms with van der Waals surface area (Å²) in [6.45, 7) is 0. The molecule has 5 nitrogen and oxygen atoms in total. The van der Waals surface area contributed by atoms with E-state index in [4.69, 9.17) is 0 Å². The molecule has 0 saturated heterocycles. The number of hydrogen-bond acceptors (Lipinski definition) is 3. The molecule has 2 N–H and O–H groups in total. The molecule has 0 aliphatic heterocycles. The molecule has 0 saturated carbocycles. The van der Waals surface area contributed by atoms with E-state index in [2.05, 4.69) is 20.2 Å². The number of fused-ring (bicyclic) bond motifs is 1. The van der Waals surface area contributed by atoms with Crippen molar-refractivity contribution in [3.63, 3.8) is 0 Å². The van der Waals surface area contributed by atoms with Crippen LogP contribution in [0.15, 0.2) is 35.3 Å². The Bertz CT molecular complexity index is 729. The highest BCUT2D eigenvalue weighted by molar-refractivity contribution is 5.74. The van der Waals surface area contributed by atoms with Crippen LogP contribution in [0.4, 0.5) is 4.39 Å². The van der Waals surface area contributed by atoms with Crippen molar-refractivity contribution >= 4 is 11.0 Å². The molecule has 0 aliphatic carbocycles. The average molecular weight is 230 g/mol. The van der Waals surface area contributed by atoms with Gasteiger partial charge in [-0.3, -0.25) is 9.89 Å². The van der Waals surface area contributed by atoms with Gasteiger partial charge in [-0.05, 0) is 24.3 Å². The molecule has 0 unspecified atom stereocenters. The number of hydrogen-bond donors (Lipinski definition) is 2. The Labute approximate surface area is 94.3 Å². The molecule has 0 bridgehead atoms. The van der Waals surface area contributed by atoms with E-state index in [9.17, 15) is 9.18 Å². The smallest absolute Gasteiger partial charge is 0.277 e. The predicted octanol–water partition coefficient (Wildman–Crippen LogP) is 1.45. The lowest BCUT2D eigenvalue weighted by Gasteiger charge is -2.00. The lowest BCUT2D eigenvalue weighted by atomic mass is 10.2. The first-order valence-electron chi connectivity index (χ1n) is 4.93. The maximum Gasteiger partial charge on any atom is 0.277 e. The molecule has 0 atom stereocenters. The number of rotatable bonds is 1. The van der Waals surface area contributed by atoms with Gasteiger partial charge in [0.05, 0.1) is 6.20 Å². The Morgan fingerprint density at radius 2 is 1.94 bits per heavy atom. The summed E-state index contributed by atoms with van der Waals surface area (Å²) in [5, 5.41) is 6.30. The minimum absolute atomic E-state index is 0.299. The minimum Gasteiger partial charge on any atom is -0.305 e. The SMILES string of the molecule is O=c1[nH]c(-c2ccc(F)cc2)nc2cn[nH]c12. The molecule has 0 radical (unpaired) electrons. The molecule has 0 aliphatic rings. The fourth-order valence-electron chi connectivity index (χ4n) is 1.59. The monoisotopic (exact) mass is 230 g/mol. The maximum absolute atomic E-state index is 12.8. The molecule has 3 rings (SSSR count). The van der Waals surface area contributed by atoms with Gasteiger partial charge in [0, 0.05) is 5.56 Å². The number of aromatic amines is 2. The molecule has 3 aromatic rings. The highest BCUT2D eigenvalue weighted by Gasteiger charge is 2.06. The van der Waals surface area contributed by atoms with Gasteiger partial charge in [0.1, 0.15) is 22.7 Å². The largest absolute Gasteiger partial charge is 0.305 e. The van der Waals surface area contributed by atoms with Gasteiger partial charge in [-0.1, -0.05) is 0 Å². The number of benzene rings is 1. The van der Waals surface area contributed by atoms with Crippen LogP contribution in [0.1, 0.15) is 0 Å². The van der Waals surface area contributed by atoms with Crippen LogP contribution in [-0.4, -0.2) is 20.2 Å². The zero-order valence-corrected chi connectivity index (χ0v) is 8.57.